The van der Waals surface area contributed by atoms with Gasteiger partial charge in [0.25, 0.3) is 0 Å². The zero-order valence-electron chi connectivity index (χ0n) is 11.2. The van der Waals surface area contributed by atoms with Gasteiger partial charge in [-0.3, -0.25) is 0 Å². The molecule has 0 radical (unpaired) electrons. The Morgan fingerprint density at radius 1 is 1.17 bits per heavy atom. The SMILES string of the molecule is CC(C)(C)CCc1nc(-c2ccc(N)cc2)cs1. The van der Waals surface area contributed by atoms with Gasteiger partial charge in [0.15, 0.2) is 0 Å². The molecule has 0 saturated heterocycles. The lowest BCUT2D eigenvalue weighted by Crippen LogP contribution is -2.06. The van der Waals surface area contributed by atoms with E-state index in [0.29, 0.717) is 5.41 Å². The number of rotatable bonds is 3. The minimum absolute atomic E-state index is 0.368. The number of nitrogens with two attached hydrogens (primary N) is 1. The fourth-order valence-corrected chi connectivity index (χ4v) is 2.50. The van der Waals surface area contributed by atoms with Gasteiger partial charge in [-0.05, 0) is 30.4 Å². The summed E-state index contributed by atoms with van der Waals surface area (Å²) in [5.41, 5.74) is 9.05. The number of aryl methyl sites for hydroxylation is 1. The fourth-order valence-electron chi connectivity index (χ4n) is 1.69. The smallest absolute Gasteiger partial charge is 0.0932 e. The van der Waals surface area contributed by atoms with Crippen LogP contribution < -0.4 is 5.73 Å². The van der Waals surface area contributed by atoms with Crippen LogP contribution in [-0.4, -0.2) is 4.98 Å². The van der Waals surface area contributed by atoms with Gasteiger partial charge in [0.05, 0.1) is 10.7 Å². The maximum atomic E-state index is 5.69. The van der Waals surface area contributed by atoms with E-state index in [-0.39, 0.29) is 0 Å². The number of thiazole rings is 1. The van der Waals surface area contributed by atoms with Crippen molar-refractivity contribution in [3.8, 4) is 11.3 Å². The maximum absolute atomic E-state index is 5.69. The topological polar surface area (TPSA) is 38.9 Å². The molecule has 0 saturated carbocycles. The lowest BCUT2D eigenvalue weighted by atomic mass is 9.91. The van der Waals surface area contributed by atoms with Gasteiger partial charge in [-0.15, -0.1) is 11.3 Å². The van der Waals surface area contributed by atoms with Crippen molar-refractivity contribution in [1.29, 1.82) is 0 Å². The molecule has 0 fully saturated rings. The summed E-state index contributed by atoms with van der Waals surface area (Å²) < 4.78 is 0. The molecule has 0 atom stereocenters. The molecule has 0 bridgehead atoms. The molecular weight excluding hydrogens is 240 g/mol. The van der Waals surface area contributed by atoms with Crippen LogP contribution in [-0.2, 0) is 6.42 Å². The first kappa shape index (κ1) is 13.1. The van der Waals surface area contributed by atoms with Gasteiger partial charge in [0.1, 0.15) is 0 Å². The number of anilines is 1. The van der Waals surface area contributed by atoms with Gasteiger partial charge in [-0.2, -0.15) is 0 Å². The third-order valence-corrected chi connectivity index (χ3v) is 3.76. The number of hydrogen-bond acceptors (Lipinski definition) is 3. The molecule has 1 heterocycles. The van der Waals surface area contributed by atoms with E-state index >= 15 is 0 Å². The summed E-state index contributed by atoms with van der Waals surface area (Å²) in [6, 6.07) is 7.89. The highest BCUT2D eigenvalue weighted by Crippen LogP contribution is 2.26. The van der Waals surface area contributed by atoms with Crippen LogP contribution in [0.5, 0.6) is 0 Å². The molecule has 2 aromatic rings. The Morgan fingerprint density at radius 2 is 1.83 bits per heavy atom. The minimum atomic E-state index is 0.368. The zero-order chi connectivity index (χ0) is 13.2. The molecule has 0 aliphatic carbocycles. The van der Waals surface area contributed by atoms with E-state index < -0.39 is 0 Å². The van der Waals surface area contributed by atoms with E-state index in [1.54, 1.807) is 11.3 Å². The van der Waals surface area contributed by atoms with Gasteiger partial charge < -0.3 is 5.73 Å². The molecule has 0 spiro atoms. The molecular formula is C15H20N2S. The van der Waals surface area contributed by atoms with Crippen LogP contribution in [0.2, 0.25) is 0 Å². The van der Waals surface area contributed by atoms with E-state index in [9.17, 15) is 0 Å². The molecule has 18 heavy (non-hydrogen) atoms. The summed E-state index contributed by atoms with van der Waals surface area (Å²) in [4.78, 5) is 4.69. The van der Waals surface area contributed by atoms with Crippen molar-refractivity contribution in [2.45, 2.75) is 33.6 Å². The molecule has 2 rings (SSSR count). The predicted octanol–water partition coefficient (Wildman–Crippen LogP) is 4.37. The molecule has 2 nitrogen and oxygen atoms in total. The highest BCUT2D eigenvalue weighted by atomic mass is 32.1. The molecule has 2 N–H and O–H groups in total. The van der Waals surface area contributed by atoms with Crippen LogP contribution in [0.3, 0.4) is 0 Å². The van der Waals surface area contributed by atoms with Crippen molar-refractivity contribution < 1.29 is 0 Å². The standard InChI is InChI=1S/C15H20N2S/c1-15(2,3)9-8-14-17-13(10-18-14)11-4-6-12(16)7-5-11/h4-7,10H,8-9,16H2,1-3H3. The largest absolute Gasteiger partial charge is 0.399 e. The molecule has 96 valence electrons. The molecule has 0 unspecified atom stereocenters. The Labute approximate surface area is 113 Å². The Morgan fingerprint density at radius 3 is 2.44 bits per heavy atom. The minimum Gasteiger partial charge on any atom is -0.399 e. The van der Waals surface area contributed by atoms with Crippen molar-refractivity contribution in [1.82, 2.24) is 4.98 Å². The van der Waals surface area contributed by atoms with Gasteiger partial charge in [-0.1, -0.05) is 32.9 Å². The van der Waals surface area contributed by atoms with Gasteiger partial charge >= 0.3 is 0 Å². The van der Waals surface area contributed by atoms with E-state index in [4.69, 9.17) is 10.7 Å². The number of nitrogens with zero attached hydrogens (tertiary/aromatic N) is 1. The Balaban J connectivity index is 2.08. The molecule has 1 aromatic carbocycles. The summed E-state index contributed by atoms with van der Waals surface area (Å²) >= 11 is 1.75. The normalized spacial score (nSPS) is 11.7. The molecule has 0 aliphatic heterocycles. The quantitative estimate of drug-likeness (QED) is 0.832. The van der Waals surface area contributed by atoms with E-state index in [1.807, 2.05) is 24.3 Å². The number of nitrogen functional groups attached to an aromatic ring is 1. The van der Waals surface area contributed by atoms with Crippen molar-refractivity contribution >= 4 is 17.0 Å². The fraction of sp³-hybridized carbons (Fsp3) is 0.400. The van der Waals surface area contributed by atoms with Crippen molar-refractivity contribution in [2.75, 3.05) is 5.73 Å². The Kier molecular flexibility index (Phi) is 3.71. The second kappa shape index (κ2) is 5.11. The van der Waals surface area contributed by atoms with Crippen LogP contribution >= 0.6 is 11.3 Å². The second-order valence-electron chi connectivity index (χ2n) is 5.81. The number of aromatic nitrogens is 1. The van der Waals surface area contributed by atoms with Gasteiger partial charge in [-0.25, -0.2) is 4.98 Å². The van der Waals surface area contributed by atoms with E-state index in [0.717, 1.165) is 23.4 Å². The average molecular weight is 260 g/mol. The van der Waals surface area contributed by atoms with Gasteiger partial charge in [0.2, 0.25) is 0 Å². The average Bonchev–Trinajstić information content (AvgIpc) is 2.75. The summed E-state index contributed by atoms with van der Waals surface area (Å²) in [6.07, 6.45) is 2.23. The number of benzene rings is 1. The zero-order valence-corrected chi connectivity index (χ0v) is 12.1. The van der Waals surface area contributed by atoms with Crippen molar-refractivity contribution in [3.63, 3.8) is 0 Å². The number of hydrogen-bond donors (Lipinski definition) is 1. The van der Waals surface area contributed by atoms with Gasteiger partial charge in [0, 0.05) is 16.6 Å². The monoisotopic (exact) mass is 260 g/mol. The highest BCUT2D eigenvalue weighted by molar-refractivity contribution is 7.09. The first-order valence-electron chi connectivity index (χ1n) is 6.24. The summed E-state index contributed by atoms with van der Waals surface area (Å²) in [6.45, 7) is 6.80. The summed E-state index contributed by atoms with van der Waals surface area (Å²) in [7, 11) is 0. The highest BCUT2D eigenvalue weighted by Gasteiger charge is 2.12. The molecule has 0 amide bonds. The third kappa shape index (κ3) is 3.57. The van der Waals surface area contributed by atoms with Crippen LogP contribution in [0, 0.1) is 5.41 Å². The summed E-state index contributed by atoms with van der Waals surface area (Å²) in [5, 5.41) is 3.35. The van der Waals surface area contributed by atoms with E-state index in [1.165, 1.54) is 11.4 Å². The Bertz CT molecular complexity index is 506. The third-order valence-electron chi connectivity index (χ3n) is 2.85. The van der Waals surface area contributed by atoms with Crippen LogP contribution in [0.4, 0.5) is 5.69 Å². The molecule has 3 heteroatoms. The first-order chi connectivity index (χ1) is 8.44. The van der Waals surface area contributed by atoms with Crippen molar-refractivity contribution in [2.24, 2.45) is 5.41 Å². The lowest BCUT2D eigenvalue weighted by Gasteiger charge is -2.16. The maximum Gasteiger partial charge on any atom is 0.0932 e. The second-order valence-corrected chi connectivity index (χ2v) is 6.75. The molecule has 0 aliphatic rings. The van der Waals surface area contributed by atoms with Crippen LogP contribution in [0.1, 0.15) is 32.2 Å². The van der Waals surface area contributed by atoms with Crippen molar-refractivity contribution in [3.05, 3.63) is 34.7 Å². The Hall–Kier alpha value is -1.35. The summed E-state index contributed by atoms with van der Waals surface area (Å²) in [5.74, 6) is 0. The first-order valence-corrected chi connectivity index (χ1v) is 7.12. The van der Waals surface area contributed by atoms with Crippen LogP contribution in [0.15, 0.2) is 29.6 Å². The predicted molar refractivity (Wildman–Crippen MR) is 79.7 cm³/mol. The molecule has 1 aromatic heterocycles. The lowest BCUT2D eigenvalue weighted by molar-refractivity contribution is 0.378. The van der Waals surface area contributed by atoms with Crippen LogP contribution in [0.25, 0.3) is 11.3 Å². The van der Waals surface area contributed by atoms with E-state index in [2.05, 4.69) is 26.2 Å².